The minimum absolute atomic E-state index is 0.0103. The van der Waals surface area contributed by atoms with Gasteiger partial charge >= 0.3 is 16.8 Å². The highest BCUT2D eigenvalue weighted by atomic mass is 16.2. The van der Waals surface area contributed by atoms with Gasteiger partial charge in [-0.2, -0.15) is 0 Å². The van der Waals surface area contributed by atoms with Gasteiger partial charge in [0, 0.05) is 7.05 Å². The fourth-order valence-electron chi connectivity index (χ4n) is 2.25. The summed E-state index contributed by atoms with van der Waals surface area (Å²) in [5.41, 5.74) is -2.42. The van der Waals surface area contributed by atoms with Gasteiger partial charge in [-0.25, -0.2) is 4.79 Å². The highest BCUT2D eigenvalue weighted by Gasteiger charge is 2.13. The summed E-state index contributed by atoms with van der Waals surface area (Å²) in [5.74, 6) is 0. The Bertz CT molecular complexity index is 1090. The first-order valence-corrected chi connectivity index (χ1v) is 6.49. The molecule has 22 heavy (non-hydrogen) atoms. The number of hydrogen-bond acceptors (Lipinski definition) is 4. The molecule has 0 aliphatic carbocycles. The summed E-state index contributed by atoms with van der Waals surface area (Å²) >= 11 is 0. The number of benzene rings is 1. The highest BCUT2D eigenvalue weighted by molar-refractivity contribution is 5.67. The molecule has 0 bridgehead atoms. The van der Waals surface area contributed by atoms with Crippen LogP contribution in [0.15, 0.2) is 49.5 Å². The van der Waals surface area contributed by atoms with Crippen molar-refractivity contribution < 1.29 is 0 Å². The van der Waals surface area contributed by atoms with Crippen LogP contribution in [-0.4, -0.2) is 19.1 Å². The number of nitrogens with zero attached hydrogens (tertiary/aromatic N) is 2. The SMILES string of the molecule is Cn1c(=O)c(=O)[nH]c2c(=O)n(Cc3ccccc3)c(=O)[nH]c21. The Balaban J connectivity index is 2.32. The van der Waals surface area contributed by atoms with Crippen molar-refractivity contribution >= 4 is 11.2 Å². The van der Waals surface area contributed by atoms with Crippen molar-refractivity contribution in [3.63, 3.8) is 0 Å². The predicted molar refractivity (Wildman–Crippen MR) is 80.2 cm³/mol. The van der Waals surface area contributed by atoms with E-state index in [9.17, 15) is 19.2 Å². The van der Waals surface area contributed by atoms with E-state index in [-0.39, 0.29) is 17.7 Å². The maximum atomic E-state index is 12.4. The van der Waals surface area contributed by atoms with Gasteiger partial charge < -0.3 is 4.98 Å². The highest BCUT2D eigenvalue weighted by Crippen LogP contribution is 2.00. The van der Waals surface area contributed by atoms with Gasteiger partial charge in [0.05, 0.1) is 6.54 Å². The molecular weight excluding hydrogens is 288 g/mol. The standard InChI is InChI=1S/C14H12N4O4/c1-17-10-9(15-11(19)13(17)21)12(20)18(14(22)16-10)7-8-5-3-2-4-6-8/h2-6H,7H2,1H3,(H,15,19)(H,16,22). The van der Waals surface area contributed by atoms with Gasteiger partial charge in [-0.1, -0.05) is 30.3 Å². The van der Waals surface area contributed by atoms with Gasteiger partial charge in [0.2, 0.25) is 0 Å². The van der Waals surface area contributed by atoms with Crippen molar-refractivity contribution in [2.75, 3.05) is 0 Å². The molecule has 0 aliphatic heterocycles. The molecule has 3 rings (SSSR count). The zero-order chi connectivity index (χ0) is 15.9. The fraction of sp³-hybridized carbons (Fsp3) is 0.143. The Labute approximate surface area is 122 Å². The minimum Gasteiger partial charge on any atom is -0.310 e. The lowest BCUT2D eigenvalue weighted by Crippen LogP contribution is -2.42. The molecule has 2 heterocycles. The maximum Gasteiger partial charge on any atom is 0.330 e. The van der Waals surface area contributed by atoms with Crippen molar-refractivity contribution in [2.45, 2.75) is 6.54 Å². The predicted octanol–water partition coefficient (Wildman–Crippen LogP) is -0.875. The third-order valence-corrected chi connectivity index (χ3v) is 3.42. The third-order valence-electron chi connectivity index (χ3n) is 3.42. The van der Waals surface area contributed by atoms with E-state index in [2.05, 4.69) is 9.97 Å². The third kappa shape index (κ3) is 2.10. The Morgan fingerprint density at radius 1 is 0.955 bits per heavy atom. The number of aromatic amines is 2. The molecule has 8 nitrogen and oxygen atoms in total. The molecule has 0 spiro atoms. The van der Waals surface area contributed by atoms with E-state index in [0.29, 0.717) is 0 Å². The number of fused-ring (bicyclic) bond motifs is 1. The molecule has 0 saturated carbocycles. The summed E-state index contributed by atoms with van der Waals surface area (Å²) in [5, 5.41) is 0. The molecule has 0 atom stereocenters. The largest absolute Gasteiger partial charge is 0.330 e. The monoisotopic (exact) mass is 300 g/mol. The topological polar surface area (TPSA) is 110 Å². The quantitative estimate of drug-likeness (QED) is 0.599. The van der Waals surface area contributed by atoms with E-state index >= 15 is 0 Å². The van der Waals surface area contributed by atoms with Crippen LogP contribution in [0.25, 0.3) is 11.2 Å². The normalized spacial score (nSPS) is 11.0. The van der Waals surface area contributed by atoms with Gasteiger partial charge in [-0.05, 0) is 5.56 Å². The number of rotatable bonds is 2. The molecule has 0 saturated heterocycles. The summed E-state index contributed by atoms with van der Waals surface area (Å²) in [6, 6.07) is 8.96. The average molecular weight is 300 g/mol. The smallest absolute Gasteiger partial charge is 0.310 e. The van der Waals surface area contributed by atoms with E-state index in [1.165, 1.54) is 7.05 Å². The number of H-pyrrole nitrogens is 2. The number of nitrogens with one attached hydrogen (secondary N) is 2. The van der Waals surface area contributed by atoms with Gasteiger partial charge in [0.1, 0.15) is 11.2 Å². The van der Waals surface area contributed by atoms with Crippen molar-refractivity contribution in [3.05, 3.63) is 77.4 Å². The van der Waals surface area contributed by atoms with Gasteiger partial charge in [-0.15, -0.1) is 0 Å². The molecule has 0 amide bonds. The van der Waals surface area contributed by atoms with Crippen molar-refractivity contribution in [2.24, 2.45) is 7.05 Å². The average Bonchev–Trinajstić information content (AvgIpc) is 2.52. The van der Waals surface area contributed by atoms with E-state index in [0.717, 1.165) is 14.7 Å². The van der Waals surface area contributed by atoms with Crippen LogP contribution in [0.4, 0.5) is 0 Å². The van der Waals surface area contributed by atoms with E-state index in [1.54, 1.807) is 24.3 Å². The van der Waals surface area contributed by atoms with Crippen LogP contribution in [0.5, 0.6) is 0 Å². The van der Waals surface area contributed by atoms with E-state index < -0.39 is 22.4 Å². The van der Waals surface area contributed by atoms with Crippen LogP contribution >= 0.6 is 0 Å². The minimum atomic E-state index is -0.912. The molecule has 8 heteroatoms. The Hall–Kier alpha value is -3.16. The first kappa shape index (κ1) is 13.8. The molecule has 2 aromatic heterocycles. The number of hydrogen-bond donors (Lipinski definition) is 2. The zero-order valence-corrected chi connectivity index (χ0v) is 11.6. The maximum absolute atomic E-state index is 12.4. The summed E-state index contributed by atoms with van der Waals surface area (Å²) in [4.78, 5) is 52.3. The summed E-state index contributed by atoms with van der Waals surface area (Å²) in [6.45, 7) is 0.0653. The number of aromatic nitrogens is 4. The van der Waals surface area contributed by atoms with Gasteiger partial charge in [0.15, 0.2) is 0 Å². The van der Waals surface area contributed by atoms with E-state index in [1.807, 2.05) is 6.07 Å². The van der Waals surface area contributed by atoms with Crippen LogP contribution < -0.4 is 22.4 Å². The first-order chi connectivity index (χ1) is 10.5. The second kappa shape index (κ2) is 4.99. The lowest BCUT2D eigenvalue weighted by molar-refractivity contribution is 0.698. The Morgan fingerprint density at radius 3 is 2.32 bits per heavy atom. The summed E-state index contributed by atoms with van der Waals surface area (Å²) in [7, 11) is 1.32. The zero-order valence-electron chi connectivity index (χ0n) is 11.6. The van der Waals surface area contributed by atoms with Gasteiger partial charge in [-0.3, -0.25) is 28.5 Å². The Morgan fingerprint density at radius 2 is 1.64 bits per heavy atom. The lowest BCUT2D eigenvalue weighted by atomic mass is 10.2. The Kier molecular flexibility index (Phi) is 3.13. The second-order valence-electron chi connectivity index (χ2n) is 4.85. The molecule has 0 unspecified atom stereocenters. The molecule has 112 valence electrons. The van der Waals surface area contributed by atoms with Crippen molar-refractivity contribution in [1.82, 2.24) is 19.1 Å². The first-order valence-electron chi connectivity index (χ1n) is 6.49. The molecule has 0 fully saturated rings. The van der Waals surface area contributed by atoms with Crippen LogP contribution in [0.1, 0.15) is 5.56 Å². The van der Waals surface area contributed by atoms with Gasteiger partial charge in [0.25, 0.3) is 5.56 Å². The van der Waals surface area contributed by atoms with Crippen LogP contribution in [0.2, 0.25) is 0 Å². The van der Waals surface area contributed by atoms with Crippen molar-refractivity contribution in [3.8, 4) is 0 Å². The fourth-order valence-corrected chi connectivity index (χ4v) is 2.25. The van der Waals surface area contributed by atoms with E-state index in [4.69, 9.17) is 0 Å². The second-order valence-corrected chi connectivity index (χ2v) is 4.85. The number of aryl methyl sites for hydroxylation is 1. The molecular formula is C14H12N4O4. The molecule has 0 aliphatic rings. The molecule has 1 aromatic carbocycles. The molecule has 0 radical (unpaired) electrons. The summed E-state index contributed by atoms with van der Waals surface area (Å²) in [6.07, 6.45) is 0. The molecule has 3 aromatic rings. The summed E-state index contributed by atoms with van der Waals surface area (Å²) < 4.78 is 1.92. The lowest BCUT2D eigenvalue weighted by Gasteiger charge is -2.08. The van der Waals surface area contributed by atoms with Crippen LogP contribution in [-0.2, 0) is 13.6 Å². The van der Waals surface area contributed by atoms with Crippen molar-refractivity contribution in [1.29, 1.82) is 0 Å². The van der Waals surface area contributed by atoms with Crippen LogP contribution in [0, 0.1) is 0 Å². The van der Waals surface area contributed by atoms with Crippen LogP contribution in [0.3, 0.4) is 0 Å². The molecule has 2 N–H and O–H groups in total.